The standard InChI is InChI=1S/C13H24N2O5/c1-5-13(6-2,11(17)18)9-14-12(19)15(7-3)8-10(16)20-4/h5-9H2,1-4H3,(H,14,19)(H,17,18). The number of ether oxygens (including phenoxy) is 1. The Balaban J connectivity index is 4.65. The van der Waals surface area contributed by atoms with E-state index in [9.17, 15) is 19.5 Å². The number of carboxylic acid groups (broad SMARTS) is 1. The molecule has 0 aromatic carbocycles. The van der Waals surface area contributed by atoms with Gasteiger partial charge in [0.1, 0.15) is 6.54 Å². The van der Waals surface area contributed by atoms with Crippen molar-refractivity contribution < 1.29 is 24.2 Å². The van der Waals surface area contributed by atoms with Crippen LogP contribution in [0.3, 0.4) is 0 Å². The minimum Gasteiger partial charge on any atom is -0.481 e. The molecule has 116 valence electrons. The summed E-state index contributed by atoms with van der Waals surface area (Å²) in [4.78, 5) is 35.7. The number of methoxy groups -OCH3 is 1. The van der Waals surface area contributed by atoms with Gasteiger partial charge in [0.2, 0.25) is 0 Å². The van der Waals surface area contributed by atoms with Crippen LogP contribution >= 0.6 is 0 Å². The van der Waals surface area contributed by atoms with Crippen LogP contribution in [-0.4, -0.2) is 54.7 Å². The Morgan fingerprint density at radius 3 is 2.10 bits per heavy atom. The second kappa shape index (κ2) is 8.39. The van der Waals surface area contributed by atoms with Gasteiger partial charge in [0.15, 0.2) is 0 Å². The number of nitrogens with one attached hydrogen (secondary N) is 1. The van der Waals surface area contributed by atoms with Crippen molar-refractivity contribution in [2.75, 3.05) is 26.7 Å². The molecular formula is C13H24N2O5. The number of likely N-dealkylation sites (N-methyl/N-ethyl adjacent to an activating group) is 1. The van der Waals surface area contributed by atoms with Crippen LogP contribution in [0.5, 0.6) is 0 Å². The number of aliphatic carboxylic acids is 1. The Labute approximate surface area is 119 Å². The molecule has 2 N–H and O–H groups in total. The molecule has 0 spiro atoms. The van der Waals surface area contributed by atoms with Gasteiger partial charge in [0.05, 0.1) is 12.5 Å². The van der Waals surface area contributed by atoms with Crippen molar-refractivity contribution in [3.05, 3.63) is 0 Å². The van der Waals surface area contributed by atoms with Crippen molar-refractivity contribution in [1.82, 2.24) is 10.2 Å². The van der Waals surface area contributed by atoms with Crippen LogP contribution < -0.4 is 5.32 Å². The van der Waals surface area contributed by atoms with Crippen molar-refractivity contribution in [2.45, 2.75) is 33.6 Å². The molecule has 0 aliphatic rings. The number of nitrogens with zero attached hydrogens (tertiary/aromatic N) is 1. The topological polar surface area (TPSA) is 95.9 Å². The molecule has 2 amide bonds. The van der Waals surface area contributed by atoms with E-state index in [0.717, 1.165) is 0 Å². The fourth-order valence-corrected chi connectivity index (χ4v) is 1.78. The number of amides is 2. The molecule has 0 saturated heterocycles. The van der Waals surface area contributed by atoms with Gasteiger partial charge in [0.25, 0.3) is 0 Å². The van der Waals surface area contributed by atoms with Crippen LogP contribution in [0.1, 0.15) is 33.6 Å². The van der Waals surface area contributed by atoms with Gasteiger partial charge in [-0.3, -0.25) is 9.59 Å². The fourth-order valence-electron chi connectivity index (χ4n) is 1.78. The number of hydrogen-bond donors (Lipinski definition) is 2. The molecule has 7 nitrogen and oxygen atoms in total. The number of urea groups is 1. The van der Waals surface area contributed by atoms with E-state index < -0.39 is 23.4 Å². The maximum atomic E-state index is 11.9. The Morgan fingerprint density at radius 1 is 1.20 bits per heavy atom. The molecule has 20 heavy (non-hydrogen) atoms. The van der Waals surface area contributed by atoms with Gasteiger partial charge in [-0.15, -0.1) is 0 Å². The highest BCUT2D eigenvalue weighted by atomic mass is 16.5. The Hall–Kier alpha value is -1.79. The molecule has 0 atom stereocenters. The average molecular weight is 288 g/mol. The van der Waals surface area contributed by atoms with E-state index >= 15 is 0 Å². The maximum Gasteiger partial charge on any atom is 0.325 e. The van der Waals surface area contributed by atoms with Crippen LogP contribution in [0.4, 0.5) is 4.79 Å². The lowest BCUT2D eigenvalue weighted by molar-refractivity contribution is -0.149. The molecule has 7 heteroatoms. The van der Waals surface area contributed by atoms with Gasteiger partial charge in [-0.25, -0.2) is 4.79 Å². The van der Waals surface area contributed by atoms with E-state index in [-0.39, 0.29) is 13.1 Å². The normalized spacial score (nSPS) is 10.8. The predicted molar refractivity (Wildman–Crippen MR) is 73.3 cm³/mol. The van der Waals surface area contributed by atoms with Gasteiger partial charge in [-0.2, -0.15) is 0 Å². The first-order chi connectivity index (χ1) is 9.36. The summed E-state index contributed by atoms with van der Waals surface area (Å²) < 4.78 is 4.50. The van der Waals surface area contributed by atoms with Crippen LogP contribution in [0.15, 0.2) is 0 Å². The quantitative estimate of drug-likeness (QED) is 0.652. The van der Waals surface area contributed by atoms with Crippen molar-refractivity contribution >= 4 is 18.0 Å². The SMILES string of the molecule is CCN(CC(=O)OC)C(=O)NCC(CC)(CC)C(=O)O. The van der Waals surface area contributed by atoms with E-state index in [4.69, 9.17) is 0 Å². The van der Waals surface area contributed by atoms with E-state index in [1.165, 1.54) is 12.0 Å². The summed E-state index contributed by atoms with van der Waals surface area (Å²) in [7, 11) is 1.25. The molecule has 0 saturated carbocycles. The first-order valence-electron chi connectivity index (χ1n) is 6.69. The Kier molecular flexibility index (Phi) is 7.64. The zero-order valence-corrected chi connectivity index (χ0v) is 12.6. The summed E-state index contributed by atoms with van der Waals surface area (Å²) in [5, 5.41) is 11.9. The number of carbonyl (C=O) groups is 3. The zero-order chi connectivity index (χ0) is 15.8. The van der Waals surface area contributed by atoms with Crippen LogP contribution in [0.25, 0.3) is 0 Å². The maximum absolute atomic E-state index is 11.9. The van der Waals surface area contributed by atoms with Crippen molar-refractivity contribution in [2.24, 2.45) is 5.41 Å². The Morgan fingerprint density at radius 2 is 1.75 bits per heavy atom. The average Bonchev–Trinajstić information content (AvgIpc) is 2.45. The third-order valence-corrected chi connectivity index (χ3v) is 3.60. The lowest BCUT2D eigenvalue weighted by atomic mass is 9.82. The summed E-state index contributed by atoms with van der Waals surface area (Å²) in [6.07, 6.45) is 0.838. The van der Waals surface area contributed by atoms with Gasteiger partial charge < -0.3 is 20.1 Å². The highest BCUT2D eigenvalue weighted by Crippen LogP contribution is 2.25. The highest BCUT2D eigenvalue weighted by Gasteiger charge is 2.35. The molecule has 0 radical (unpaired) electrons. The number of esters is 1. The van der Waals surface area contributed by atoms with Crippen molar-refractivity contribution in [3.63, 3.8) is 0 Å². The lowest BCUT2D eigenvalue weighted by Crippen LogP contribution is -2.48. The minimum atomic E-state index is -0.972. The molecule has 0 aromatic rings. The summed E-state index contributed by atoms with van der Waals surface area (Å²) >= 11 is 0. The molecule has 0 aliphatic carbocycles. The molecule has 0 unspecified atom stereocenters. The molecule has 0 heterocycles. The predicted octanol–water partition coefficient (Wildman–Crippen LogP) is 1.08. The van der Waals surface area contributed by atoms with Gasteiger partial charge in [0, 0.05) is 13.1 Å². The smallest absolute Gasteiger partial charge is 0.325 e. The van der Waals surface area contributed by atoms with Crippen LogP contribution in [-0.2, 0) is 14.3 Å². The fraction of sp³-hybridized carbons (Fsp3) is 0.769. The molecule has 0 bridgehead atoms. The van der Waals surface area contributed by atoms with Gasteiger partial charge in [-0.1, -0.05) is 13.8 Å². The van der Waals surface area contributed by atoms with Crippen molar-refractivity contribution in [1.29, 1.82) is 0 Å². The molecule has 0 aromatic heterocycles. The van der Waals surface area contributed by atoms with E-state index in [1.54, 1.807) is 20.8 Å². The second-order valence-corrected chi connectivity index (χ2v) is 4.54. The molecule has 0 aliphatic heterocycles. The number of carboxylic acids is 1. The second-order valence-electron chi connectivity index (χ2n) is 4.54. The molecular weight excluding hydrogens is 264 g/mol. The van der Waals surface area contributed by atoms with Gasteiger partial charge >= 0.3 is 18.0 Å². The van der Waals surface area contributed by atoms with Crippen molar-refractivity contribution in [3.8, 4) is 0 Å². The highest BCUT2D eigenvalue weighted by molar-refractivity contribution is 5.82. The third-order valence-electron chi connectivity index (χ3n) is 3.60. The monoisotopic (exact) mass is 288 g/mol. The van der Waals surface area contributed by atoms with E-state index in [0.29, 0.717) is 19.4 Å². The van der Waals surface area contributed by atoms with Crippen LogP contribution in [0, 0.1) is 5.41 Å². The number of hydrogen-bond acceptors (Lipinski definition) is 4. The third kappa shape index (κ3) is 4.71. The summed E-state index contributed by atoms with van der Waals surface area (Å²) in [5.41, 5.74) is -0.972. The minimum absolute atomic E-state index is 0.0336. The largest absolute Gasteiger partial charge is 0.481 e. The van der Waals surface area contributed by atoms with E-state index in [2.05, 4.69) is 10.1 Å². The number of rotatable bonds is 8. The first-order valence-corrected chi connectivity index (χ1v) is 6.69. The van der Waals surface area contributed by atoms with Gasteiger partial charge in [-0.05, 0) is 19.8 Å². The zero-order valence-electron chi connectivity index (χ0n) is 12.6. The molecule has 0 fully saturated rings. The first kappa shape index (κ1) is 18.2. The van der Waals surface area contributed by atoms with Crippen LogP contribution in [0.2, 0.25) is 0 Å². The summed E-state index contributed by atoms with van der Waals surface area (Å²) in [5.74, 6) is -1.45. The lowest BCUT2D eigenvalue weighted by Gasteiger charge is -2.28. The molecule has 0 rings (SSSR count). The van der Waals surface area contributed by atoms with E-state index in [1.807, 2.05) is 0 Å². The summed E-state index contributed by atoms with van der Waals surface area (Å²) in [6, 6.07) is -0.467. The number of carbonyl (C=O) groups excluding carboxylic acids is 2. The Bertz CT molecular complexity index is 353. The summed E-state index contributed by atoms with van der Waals surface area (Å²) in [6.45, 7) is 5.49.